The highest BCUT2D eigenvalue weighted by molar-refractivity contribution is 5.91. The zero-order valence-corrected chi connectivity index (χ0v) is 16.0. The Kier molecular flexibility index (Phi) is 6.22. The fourth-order valence-electron chi connectivity index (χ4n) is 2.74. The van der Waals surface area contributed by atoms with Gasteiger partial charge in [-0.25, -0.2) is 4.68 Å². The molecule has 0 radical (unpaired) electrons. The largest absolute Gasteiger partial charge is 0.491 e. The second kappa shape index (κ2) is 8.99. The number of carbonyl (C=O) groups excluding carboxylic acids is 1. The van der Waals surface area contributed by atoms with Crippen molar-refractivity contribution in [2.75, 3.05) is 20.2 Å². The first-order valence-electron chi connectivity index (χ1n) is 9.10. The number of nitrogens with zero attached hydrogens (tertiary/aromatic N) is 3. The number of aromatic nitrogens is 2. The summed E-state index contributed by atoms with van der Waals surface area (Å²) in [5, 5.41) is 4.24. The molecule has 3 aromatic rings. The lowest BCUT2D eigenvalue weighted by Crippen LogP contribution is -2.33. The van der Waals surface area contributed by atoms with Crippen LogP contribution >= 0.6 is 0 Å². The minimum absolute atomic E-state index is 0.230. The van der Waals surface area contributed by atoms with E-state index in [0.29, 0.717) is 19.7 Å². The van der Waals surface area contributed by atoms with Gasteiger partial charge in [-0.1, -0.05) is 48.5 Å². The monoisotopic (exact) mass is 377 g/mol. The van der Waals surface area contributed by atoms with E-state index in [0.717, 1.165) is 16.9 Å². The molecule has 0 saturated heterocycles. The number of aryl methyl sites for hydroxylation is 1. The van der Waals surface area contributed by atoms with Gasteiger partial charge in [0.25, 0.3) is 11.5 Å². The maximum Gasteiger partial charge on any atom is 0.274 e. The zero-order chi connectivity index (χ0) is 19.9. The van der Waals surface area contributed by atoms with Crippen LogP contribution in [0.15, 0.2) is 71.5 Å². The Morgan fingerprint density at radius 3 is 2.50 bits per heavy atom. The van der Waals surface area contributed by atoms with E-state index < -0.39 is 0 Å². The quantitative estimate of drug-likeness (QED) is 0.635. The Bertz CT molecular complexity index is 999. The molecule has 3 rings (SSSR count). The summed E-state index contributed by atoms with van der Waals surface area (Å²) in [7, 11) is 1.69. The molecule has 1 aromatic heterocycles. The highest BCUT2D eigenvalue weighted by Crippen LogP contribution is 2.15. The molecule has 1 heterocycles. The fourth-order valence-corrected chi connectivity index (χ4v) is 2.74. The van der Waals surface area contributed by atoms with Gasteiger partial charge >= 0.3 is 0 Å². The number of carbonyl (C=O) groups is 1. The number of likely N-dealkylation sites (N-methyl/N-ethyl adjacent to an activating group) is 1. The number of ether oxygens (including phenoxy) is 1. The topological polar surface area (TPSA) is 64.4 Å². The van der Waals surface area contributed by atoms with Crippen LogP contribution in [0.3, 0.4) is 0 Å². The second-order valence-electron chi connectivity index (χ2n) is 6.54. The SMILES string of the molecule is Cc1ccccc1OCCN(C)C(=O)c1ccc(=O)n(Cc2ccccc2)n1. The molecule has 144 valence electrons. The van der Waals surface area contributed by atoms with Crippen LogP contribution in [0.2, 0.25) is 0 Å². The molecular weight excluding hydrogens is 354 g/mol. The Morgan fingerprint density at radius 1 is 1.04 bits per heavy atom. The molecule has 1 amide bonds. The van der Waals surface area contributed by atoms with Crippen LogP contribution in [0.25, 0.3) is 0 Å². The third kappa shape index (κ3) is 4.85. The van der Waals surface area contributed by atoms with Gasteiger partial charge in [-0.15, -0.1) is 0 Å². The lowest BCUT2D eigenvalue weighted by molar-refractivity contribution is 0.0765. The minimum Gasteiger partial charge on any atom is -0.491 e. The van der Waals surface area contributed by atoms with Gasteiger partial charge in [-0.2, -0.15) is 5.10 Å². The molecule has 0 atom stereocenters. The number of hydrogen-bond acceptors (Lipinski definition) is 4. The van der Waals surface area contributed by atoms with Crippen molar-refractivity contribution in [3.8, 4) is 5.75 Å². The van der Waals surface area contributed by atoms with Crippen molar-refractivity contribution in [3.63, 3.8) is 0 Å². The van der Waals surface area contributed by atoms with E-state index in [-0.39, 0.29) is 17.2 Å². The van der Waals surface area contributed by atoms with E-state index in [1.54, 1.807) is 7.05 Å². The highest BCUT2D eigenvalue weighted by atomic mass is 16.5. The average Bonchev–Trinajstić information content (AvgIpc) is 2.71. The van der Waals surface area contributed by atoms with E-state index in [1.807, 2.05) is 61.5 Å². The van der Waals surface area contributed by atoms with E-state index in [4.69, 9.17) is 4.74 Å². The summed E-state index contributed by atoms with van der Waals surface area (Å²) in [6.07, 6.45) is 0. The van der Waals surface area contributed by atoms with Crippen LogP contribution in [-0.2, 0) is 6.54 Å². The molecule has 0 fully saturated rings. The molecule has 2 aromatic carbocycles. The molecule has 0 aliphatic rings. The summed E-state index contributed by atoms with van der Waals surface area (Å²) in [4.78, 5) is 26.3. The first-order valence-corrected chi connectivity index (χ1v) is 9.10. The number of amides is 1. The summed E-state index contributed by atoms with van der Waals surface area (Å²) in [5.74, 6) is 0.549. The number of benzene rings is 2. The second-order valence-corrected chi connectivity index (χ2v) is 6.54. The predicted octanol–water partition coefficient (Wildman–Crippen LogP) is 2.75. The molecule has 0 N–H and O–H groups in total. The standard InChI is InChI=1S/C22H23N3O3/c1-17-8-6-7-11-20(17)28-15-14-24(2)22(27)19-12-13-21(26)25(23-19)16-18-9-4-3-5-10-18/h3-13H,14-16H2,1-2H3. The molecule has 0 bridgehead atoms. The molecule has 28 heavy (non-hydrogen) atoms. The molecule has 0 aliphatic heterocycles. The van der Waals surface area contributed by atoms with Crippen molar-refractivity contribution < 1.29 is 9.53 Å². The van der Waals surface area contributed by atoms with Crippen molar-refractivity contribution in [2.24, 2.45) is 0 Å². The highest BCUT2D eigenvalue weighted by Gasteiger charge is 2.15. The van der Waals surface area contributed by atoms with Crippen LogP contribution in [0, 0.1) is 6.92 Å². The summed E-state index contributed by atoms with van der Waals surface area (Å²) < 4.78 is 7.05. The van der Waals surface area contributed by atoms with E-state index in [9.17, 15) is 9.59 Å². The molecule has 0 unspecified atom stereocenters. The van der Waals surface area contributed by atoms with Crippen molar-refractivity contribution in [2.45, 2.75) is 13.5 Å². The number of rotatable bonds is 7. The molecule has 6 heteroatoms. The van der Waals surface area contributed by atoms with Gasteiger partial charge in [0.2, 0.25) is 0 Å². The van der Waals surface area contributed by atoms with Gasteiger partial charge in [-0.05, 0) is 30.2 Å². The zero-order valence-electron chi connectivity index (χ0n) is 16.0. The van der Waals surface area contributed by atoms with Gasteiger partial charge in [-0.3, -0.25) is 9.59 Å². The minimum atomic E-state index is -0.254. The molecule has 0 saturated carbocycles. The van der Waals surface area contributed by atoms with Crippen LogP contribution in [0.5, 0.6) is 5.75 Å². The summed E-state index contributed by atoms with van der Waals surface area (Å²) in [6.45, 7) is 3.08. The predicted molar refractivity (Wildman–Crippen MR) is 108 cm³/mol. The van der Waals surface area contributed by atoms with E-state index in [2.05, 4.69) is 5.10 Å². The lowest BCUT2D eigenvalue weighted by atomic mass is 10.2. The van der Waals surface area contributed by atoms with Crippen LogP contribution in [0.1, 0.15) is 21.6 Å². The van der Waals surface area contributed by atoms with Gasteiger partial charge in [0.05, 0.1) is 13.1 Å². The van der Waals surface area contributed by atoms with E-state index >= 15 is 0 Å². The summed E-state index contributed by atoms with van der Waals surface area (Å²) >= 11 is 0. The van der Waals surface area contributed by atoms with Crippen molar-refractivity contribution >= 4 is 5.91 Å². The number of para-hydroxylation sites is 1. The first kappa shape index (κ1) is 19.4. The summed E-state index contributed by atoms with van der Waals surface area (Å²) in [6, 6.07) is 20.1. The summed E-state index contributed by atoms with van der Waals surface area (Å²) in [5.41, 5.74) is 1.98. The van der Waals surface area contributed by atoms with Crippen molar-refractivity contribution in [1.82, 2.24) is 14.7 Å². The molecular formula is C22H23N3O3. The van der Waals surface area contributed by atoms with Crippen LogP contribution < -0.4 is 10.3 Å². The molecule has 0 spiro atoms. The third-order valence-corrected chi connectivity index (χ3v) is 4.39. The Labute approximate surface area is 164 Å². The van der Waals surface area contributed by atoms with E-state index in [1.165, 1.54) is 21.7 Å². The smallest absolute Gasteiger partial charge is 0.274 e. The number of hydrogen-bond donors (Lipinski definition) is 0. The molecule has 0 aliphatic carbocycles. The van der Waals surface area contributed by atoms with Crippen molar-refractivity contribution in [3.05, 3.63) is 93.9 Å². The lowest BCUT2D eigenvalue weighted by Gasteiger charge is -2.18. The Balaban J connectivity index is 1.64. The maximum absolute atomic E-state index is 12.7. The van der Waals surface area contributed by atoms with Gasteiger partial charge in [0, 0.05) is 13.1 Å². The Hall–Kier alpha value is -3.41. The molecule has 6 nitrogen and oxygen atoms in total. The fraction of sp³-hybridized carbons (Fsp3) is 0.227. The maximum atomic E-state index is 12.7. The van der Waals surface area contributed by atoms with Gasteiger partial charge in [0.15, 0.2) is 0 Å². The third-order valence-electron chi connectivity index (χ3n) is 4.39. The van der Waals surface area contributed by atoms with Crippen LogP contribution in [0.4, 0.5) is 0 Å². The normalized spacial score (nSPS) is 10.5. The average molecular weight is 377 g/mol. The van der Waals surface area contributed by atoms with Gasteiger partial charge < -0.3 is 9.64 Å². The van der Waals surface area contributed by atoms with Crippen molar-refractivity contribution in [1.29, 1.82) is 0 Å². The Morgan fingerprint density at radius 2 is 1.75 bits per heavy atom. The first-order chi connectivity index (χ1) is 13.5. The van der Waals surface area contributed by atoms with Gasteiger partial charge in [0.1, 0.15) is 18.1 Å². The van der Waals surface area contributed by atoms with Crippen LogP contribution in [-0.4, -0.2) is 40.8 Å².